The second-order valence-electron chi connectivity index (χ2n) is 4.60. The molecule has 2 aromatic rings. The fraction of sp³-hybridized carbons (Fsp3) is 0.333. The molecule has 3 heterocycles. The van der Waals surface area contributed by atoms with Crippen LogP contribution in [0.1, 0.15) is 23.7 Å². The van der Waals surface area contributed by atoms with Gasteiger partial charge >= 0.3 is 0 Å². The van der Waals surface area contributed by atoms with E-state index in [0.29, 0.717) is 23.5 Å². The standard InChI is InChI=1S/C12H10N4O3S/c13-5-8-1-2-10(14-6-8)12-15-11(16-19-12)9-3-4-20(17,18)7-9/h1-2,6,9H,3-4,7H2. The third-order valence-corrected chi connectivity index (χ3v) is 4.92. The van der Waals surface area contributed by atoms with Gasteiger partial charge < -0.3 is 4.52 Å². The van der Waals surface area contributed by atoms with Crippen LogP contribution in [0.25, 0.3) is 11.6 Å². The van der Waals surface area contributed by atoms with E-state index < -0.39 is 9.84 Å². The predicted octanol–water partition coefficient (Wildman–Crippen LogP) is 0.905. The third kappa shape index (κ3) is 2.40. The van der Waals surface area contributed by atoms with Crippen LogP contribution in [-0.4, -0.2) is 35.0 Å². The number of sulfone groups is 1. The largest absolute Gasteiger partial charge is 0.332 e. The minimum absolute atomic E-state index is 0.0623. The highest BCUT2D eigenvalue weighted by molar-refractivity contribution is 7.91. The smallest absolute Gasteiger partial charge is 0.276 e. The number of pyridine rings is 1. The van der Waals surface area contributed by atoms with Crippen LogP contribution in [0.3, 0.4) is 0 Å². The fourth-order valence-corrected chi connectivity index (χ4v) is 3.83. The molecule has 0 spiro atoms. The van der Waals surface area contributed by atoms with E-state index >= 15 is 0 Å². The van der Waals surface area contributed by atoms with Gasteiger partial charge in [0.2, 0.25) is 0 Å². The van der Waals surface area contributed by atoms with Crippen molar-refractivity contribution in [1.82, 2.24) is 15.1 Å². The summed E-state index contributed by atoms with van der Waals surface area (Å²) in [4.78, 5) is 8.25. The van der Waals surface area contributed by atoms with Gasteiger partial charge in [-0.15, -0.1) is 0 Å². The Bertz CT molecular complexity index is 774. The highest BCUT2D eigenvalue weighted by Crippen LogP contribution is 2.28. The number of aromatic nitrogens is 3. The van der Waals surface area contributed by atoms with E-state index in [1.165, 1.54) is 6.20 Å². The Balaban J connectivity index is 1.85. The summed E-state index contributed by atoms with van der Waals surface area (Å²) in [5.41, 5.74) is 0.902. The molecule has 0 amide bonds. The topological polar surface area (TPSA) is 110 Å². The van der Waals surface area contributed by atoms with Gasteiger partial charge in [-0.1, -0.05) is 5.16 Å². The van der Waals surface area contributed by atoms with E-state index in [0.717, 1.165) is 0 Å². The number of hydrogen-bond donors (Lipinski definition) is 0. The van der Waals surface area contributed by atoms with Gasteiger partial charge in [-0.3, -0.25) is 0 Å². The summed E-state index contributed by atoms with van der Waals surface area (Å²) in [6, 6.07) is 5.18. The Morgan fingerprint density at radius 3 is 2.85 bits per heavy atom. The molecule has 0 radical (unpaired) electrons. The van der Waals surface area contributed by atoms with Gasteiger partial charge in [-0.2, -0.15) is 10.2 Å². The number of nitrogens with zero attached hydrogens (tertiary/aromatic N) is 4. The van der Waals surface area contributed by atoms with Gasteiger partial charge in [0.05, 0.1) is 17.1 Å². The Morgan fingerprint density at radius 2 is 2.25 bits per heavy atom. The van der Waals surface area contributed by atoms with Crippen molar-refractivity contribution in [2.75, 3.05) is 11.5 Å². The predicted molar refractivity (Wildman–Crippen MR) is 68.3 cm³/mol. The second-order valence-corrected chi connectivity index (χ2v) is 6.83. The summed E-state index contributed by atoms with van der Waals surface area (Å²) >= 11 is 0. The fourth-order valence-electron chi connectivity index (χ4n) is 2.09. The average molecular weight is 290 g/mol. The van der Waals surface area contributed by atoms with Gasteiger partial charge in [-0.05, 0) is 18.6 Å². The van der Waals surface area contributed by atoms with Gasteiger partial charge in [-0.25, -0.2) is 13.4 Å². The Kier molecular flexibility index (Phi) is 2.99. The summed E-state index contributed by atoms with van der Waals surface area (Å²) in [6.45, 7) is 0. The van der Waals surface area contributed by atoms with Crippen LogP contribution in [0.5, 0.6) is 0 Å². The molecule has 1 saturated heterocycles. The van der Waals surface area contributed by atoms with Crippen LogP contribution < -0.4 is 0 Å². The summed E-state index contributed by atoms with van der Waals surface area (Å²) in [6.07, 6.45) is 1.93. The molecule has 0 aromatic carbocycles. The Labute approximate surface area is 115 Å². The Hall–Kier alpha value is -2.27. The lowest BCUT2D eigenvalue weighted by molar-refractivity contribution is 0.416. The summed E-state index contributed by atoms with van der Waals surface area (Å²) in [5, 5.41) is 12.5. The molecule has 0 saturated carbocycles. The van der Waals surface area contributed by atoms with Crippen LogP contribution >= 0.6 is 0 Å². The highest BCUT2D eigenvalue weighted by atomic mass is 32.2. The van der Waals surface area contributed by atoms with Crippen LogP contribution in [0.15, 0.2) is 22.9 Å². The zero-order chi connectivity index (χ0) is 14.2. The maximum absolute atomic E-state index is 11.4. The zero-order valence-electron chi connectivity index (χ0n) is 10.4. The van der Waals surface area contributed by atoms with E-state index in [-0.39, 0.29) is 23.3 Å². The van der Waals surface area contributed by atoms with Crippen molar-refractivity contribution < 1.29 is 12.9 Å². The lowest BCUT2D eigenvalue weighted by Crippen LogP contribution is -2.05. The van der Waals surface area contributed by atoms with Crippen LogP contribution in [0.2, 0.25) is 0 Å². The normalized spacial score (nSPS) is 20.6. The van der Waals surface area contributed by atoms with Crippen molar-refractivity contribution >= 4 is 9.84 Å². The maximum Gasteiger partial charge on any atom is 0.276 e. The summed E-state index contributed by atoms with van der Waals surface area (Å²) in [5.74, 6) is 0.639. The monoisotopic (exact) mass is 290 g/mol. The van der Waals surface area contributed by atoms with Crippen molar-refractivity contribution in [2.45, 2.75) is 12.3 Å². The minimum atomic E-state index is -2.98. The highest BCUT2D eigenvalue weighted by Gasteiger charge is 2.32. The van der Waals surface area contributed by atoms with E-state index in [1.807, 2.05) is 6.07 Å². The summed E-state index contributed by atoms with van der Waals surface area (Å²) in [7, 11) is -2.98. The van der Waals surface area contributed by atoms with Crippen molar-refractivity contribution in [3.63, 3.8) is 0 Å². The Morgan fingerprint density at radius 1 is 1.40 bits per heavy atom. The van der Waals surface area contributed by atoms with Gasteiger partial charge in [0.25, 0.3) is 5.89 Å². The molecular weight excluding hydrogens is 280 g/mol. The van der Waals surface area contributed by atoms with Crippen molar-refractivity contribution in [3.8, 4) is 17.7 Å². The number of hydrogen-bond acceptors (Lipinski definition) is 7. The molecule has 0 aliphatic carbocycles. The molecule has 1 unspecified atom stereocenters. The number of nitriles is 1. The molecule has 1 aliphatic rings. The minimum Gasteiger partial charge on any atom is -0.332 e. The van der Waals surface area contributed by atoms with Gasteiger partial charge in [0.15, 0.2) is 15.7 Å². The van der Waals surface area contributed by atoms with E-state index in [9.17, 15) is 8.42 Å². The van der Waals surface area contributed by atoms with Gasteiger partial charge in [0, 0.05) is 12.1 Å². The first-order valence-electron chi connectivity index (χ1n) is 5.98. The van der Waals surface area contributed by atoms with Crippen molar-refractivity contribution in [1.29, 1.82) is 5.26 Å². The van der Waals surface area contributed by atoms with Crippen molar-refractivity contribution in [3.05, 3.63) is 29.7 Å². The van der Waals surface area contributed by atoms with E-state index in [1.54, 1.807) is 12.1 Å². The second kappa shape index (κ2) is 4.68. The zero-order valence-corrected chi connectivity index (χ0v) is 11.2. The summed E-state index contributed by atoms with van der Waals surface area (Å²) < 4.78 is 28.0. The third-order valence-electron chi connectivity index (χ3n) is 3.15. The van der Waals surface area contributed by atoms with Crippen LogP contribution in [0, 0.1) is 11.3 Å². The maximum atomic E-state index is 11.4. The average Bonchev–Trinajstić information content (AvgIpc) is 3.05. The van der Waals surface area contributed by atoms with E-state index in [4.69, 9.17) is 9.78 Å². The van der Waals surface area contributed by atoms with Crippen molar-refractivity contribution in [2.24, 2.45) is 0 Å². The molecule has 7 nitrogen and oxygen atoms in total. The SMILES string of the molecule is N#Cc1ccc(-c2nc(C3CCS(=O)(=O)C3)no2)nc1. The molecular formula is C12H10N4O3S. The quantitative estimate of drug-likeness (QED) is 0.808. The van der Waals surface area contributed by atoms with Crippen LogP contribution in [0.4, 0.5) is 0 Å². The molecule has 1 fully saturated rings. The molecule has 8 heteroatoms. The van der Waals surface area contributed by atoms with E-state index in [2.05, 4.69) is 15.1 Å². The first-order valence-corrected chi connectivity index (χ1v) is 7.80. The first-order chi connectivity index (χ1) is 9.57. The lowest BCUT2D eigenvalue weighted by atomic mass is 10.1. The molecule has 1 atom stereocenters. The molecule has 2 aromatic heterocycles. The molecule has 0 N–H and O–H groups in total. The molecule has 20 heavy (non-hydrogen) atoms. The molecule has 102 valence electrons. The van der Waals surface area contributed by atoms with Gasteiger partial charge in [0.1, 0.15) is 11.8 Å². The molecule has 1 aliphatic heterocycles. The first kappa shape index (κ1) is 12.7. The molecule has 0 bridgehead atoms. The van der Waals surface area contributed by atoms with Crippen LogP contribution in [-0.2, 0) is 9.84 Å². The number of rotatable bonds is 2. The molecule has 3 rings (SSSR count). The lowest BCUT2D eigenvalue weighted by Gasteiger charge is -1.98.